The van der Waals surface area contributed by atoms with E-state index in [9.17, 15) is 4.79 Å². The van der Waals surface area contributed by atoms with Gasteiger partial charge in [0.05, 0.1) is 12.6 Å². The van der Waals surface area contributed by atoms with Gasteiger partial charge in [0.25, 0.3) is 0 Å². The molecule has 0 bridgehead atoms. The Hall–Kier alpha value is -0.910. The summed E-state index contributed by atoms with van der Waals surface area (Å²) in [6.45, 7) is 3.89. The summed E-state index contributed by atoms with van der Waals surface area (Å²) in [5, 5.41) is 5.27. The molecule has 2 heterocycles. The number of amides is 1. The van der Waals surface area contributed by atoms with Crippen molar-refractivity contribution in [1.29, 1.82) is 0 Å². The van der Waals surface area contributed by atoms with Crippen molar-refractivity contribution in [3.63, 3.8) is 0 Å². The van der Waals surface area contributed by atoms with Gasteiger partial charge in [-0.15, -0.1) is 11.3 Å². The highest BCUT2D eigenvalue weighted by Crippen LogP contribution is 2.22. The molecule has 2 fully saturated rings. The molecular weight excluding hydrogens is 320 g/mol. The number of carbonyl (C=O) groups excluding carboxylic acids is 1. The van der Waals surface area contributed by atoms with Crippen LogP contribution >= 0.6 is 11.3 Å². The maximum Gasteiger partial charge on any atom is 0.234 e. The molecule has 134 valence electrons. The molecule has 0 radical (unpaired) electrons. The molecule has 3 rings (SSSR count). The van der Waals surface area contributed by atoms with E-state index in [1.807, 2.05) is 0 Å². The van der Waals surface area contributed by atoms with Gasteiger partial charge < -0.3 is 10.1 Å². The molecule has 0 aromatic carbocycles. The summed E-state index contributed by atoms with van der Waals surface area (Å²) >= 11 is 1.76. The fourth-order valence-electron chi connectivity index (χ4n) is 3.79. The molecule has 1 aliphatic heterocycles. The Morgan fingerprint density at radius 1 is 1.25 bits per heavy atom. The number of hydrogen-bond acceptors (Lipinski definition) is 4. The van der Waals surface area contributed by atoms with Crippen molar-refractivity contribution in [2.75, 3.05) is 26.2 Å². The first-order valence-electron chi connectivity index (χ1n) is 9.42. The third-order valence-electron chi connectivity index (χ3n) is 5.13. The van der Waals surface area contributed by atoms with Crippen LogP contribution in [0.5, 0.6) is 0 Å². The van der Waals surface area contributed by atoms with E-state index in [-0.39, 0.29) is 12.0 Å². The topological polar surface area (TPSA) is 41.6 Å². The largest absolute Gasteiger partial charge is 0.377 e. The molecule has 1 unspecified atom stereocenters. The van der Waals surface area contributed by atoms with Gasteiger partial charge in [0.2, 0.25) is 5.91 Å². The molecular formula is C19H30N2O2S. The van der Waals surface area contributed by atoms with Crippen LogP contribution in [0.2, 0.25) is 0 Å². The van der Waals surface area contributed by atoms with Crippen LogP contribution in [0.4, 0.5) is 0 Å². The monoisotopic (exact) mass is 350 g/mol. The quantitative estimate of drug-likeness (QED) is 0.781. The van der Waals surface area contributed by atoms with E-state index in [1.165, 1.54) is 37.0 Å². The van der Waals surface area contributed by atoms with Crippen molar-refractivity contribution in [3.05, 3.63) is 22.4 Å². The summed E-state index contributed by atoms with van der Waals surface area (Å²) in [6.07, 6.45) is 9.10. The lowest BCUT2D eigenvalue weighted by Crippen LogP contribution is -2.41. The SMILES string of the molecule is O=C(CN(Cc1cccs1)CC1CCCO1)NCC1CCCCC1. The van der Waals surface area contributed by atoms with Gasteiger partial charge in [-0.2, -0.15) is 0 Å². The molecule has 1 N–H and O–H groups in total. The Morgan fingerprint density at radius 3 is 2.83 bits per heavy atom. The average molecular weight is 351 g/mol. The first kappa shape index (κ1) is 17.9. The zero-order valence-electron chi connectivity index (χ0n) is 14.5. The Balaban J connectivity index is 1.46. The highest BCUT2D eigenvalue weighted by atomic mass is 32.1. The number of ether oxygens (including phenoxy) is 1. The molecule has 24 heavy (non-hydrogen) atoms. The third-order valence-corrected chi connectivity index (χ3v) is 5.99. The van der Waals surface area contributed by atoms with Crippen molar-refractivity contribution in [2.45, 2.75) is 57.6 Å². The highest BCUT2D eigenvalue weighted by molar-refractivity contribution is 7.09. The first-order valence-corrected chi connectivity index (χ1v) is 10.3. The first-order chi connectivity index (χ1) is 11.8. The van der Waals surface area contributed by atoms with Gasteiger partial charge in [-0.05, 0) is 43.0 Å². The number of rotatable bonds is 8. The van der Waals surface area contributed by atoms with E-state index < -0.39 is 0 Å². The smallest absolute Gasteiger partial charge is 0.234 e. The summed E-state index contributed by atoms with van der Waals surface area (Å²) in [5.74, 6) is 0.849. The molecule has 0 spiro atoms. The van der Waals surface area contributed by atoms with E-state index in [0.29, 0.717) is 12.5 Å². The Morgan fingerprint density at radius 2 is 2.12 bits per heavy atom. The average Bonchev–Trinajstić information content (AvgIpc) is 3.28. The van der Waals surface area contributed by atoms with Crippen LogP contribution < -0.4 is 5.32 Å². The van der Waals surface area contributed by atoms with Crippen LogP contribution in [0.1, 0.15) is 49.8 Å². The molecule has 5 heteroatoms. The highest BCUT2D eigenvalue weighted by Gasteiger charge is 2.22. The maximum absolute atomic E-state index is 12.4. The van der Waals surface area contributed by atoms with Gasteiger partial charge in [-0.1, -0.05) is 25.3 Å². The number of thiophene rings is 1. The molecule has 1 atom stereocenters. The summed E-state index contributed by atoms with van der Waals surface area (Å²) in [6, 6.07) is 4.22. The Labute approximate surface area is 149 Å². The Kier molecular flexibility index (Phi) is 7.12. The molecule has 1 aromatic heterocycles. The predicted octanol–water partition coefficient (Wildman–Crippen LogP) is 3.43. The van der Waals surface area contributed by atoms with E-state index >= 15 is 0 Å². The van der Waals surface area contributed by atoms with E-state index in [1.54, 1.807) is 11.3 Å². The minimum atomic E-state index is 0.162. The third kappa shape index (κ3) is 5.87. The maximum atomic E-state index is 12.4. The summed E-state index contributed by atoms with van der Waals surface area (Å²) in [7, 11) is 0. The molecule has 4 nitrogen and oxygen atoms in total. The lowest BCUT2D eigenvalue weighted by atomic mass is 9.89. The molecule has 2 aliphatic rings. The minimum absolute atomic E-state index is 0.162. The summed E-state index contributed by atoms with van der Waals surface area (Å²) < 4.78 is 5.77. The van der Waals surface area contributed by atoms with E-state index in [0.717, 1.165) is 39.1 Å². The van der Waals surface area contributed by atoms with Gasteiger partial charge >= 0.3 is 0 Å². The second kappa shape index (κ2) is 9.54. The van der Waals surface area contributed by atoms with Crippen LogP contribution in [0.15, 0.2) is 17.5 Å². The molecule has 1 amide bonds. The van der Waals surface area contributed by atoms with Crippen molar-refractivity contribution in [1.82, 2.24) is 10.2 Å². The predicted molar refractivity (Wildman–Crippen MR) is 98.2 cm³/mol. The standard InChI is InChI=1S/C19H30N2O2S/c22-19(20-12-16-6-2-1-3-7-16)15-21(13-17-8-4-10-23-17)14-18-9-5-11-24-18/h5,9,11,16-17H,1-4,6-8,10,12-15H2,(H,20,22). The van der Waals surface area contributed by atoms with E-state index in [4.69, 9.17) is 4.74 Å². The number of nitrogens with zero attached hydrogens (tertiary/aromatic N) is 1. The fourth-order valence-corrected chi connectivity index (χ4v) is 4.54. The lowest BCUT2D eigenvalue weighted by molar-refractivity contribution is -0.123. The van der Waals surface area contributed by atoms with Gasteiger partial charge in [0.1, 0.15) is 0 Å². The lowest BCUT2D eigenvalue weighted by Gasteiger charge is -2.25. The van der Waals surface area contributed by atoms with Crippen molar-refractivity contribution >= 4 is 17.2 Å². The zero-order chi connectivity index (χ0) is 16.6. The van der Waals surface area contributed by atoms with Gasteiger partial charge in [-0.3, -0.25) is 9.69 Å². The zero-order valence-corrected chi connectivity index (χ0v) is 15.4. The van der Waals surface area contributed by atoms with Crippen molar-refractivity contribution in [2.24, 2.45) is 5.92 Å². The van der Waals surface area contributed by atoms with E-state index in [2.05, 4.69) is 27.7 Å². The summed E-state index contributed by atoms with van der Waals surface area (Å²) in [5.41, 5.74) is 0. The molecule has 1 saturated heterocycles. The number of carbonyl (C=O) groups is 1. The van der Waals surface area contributed by atoms with Crippen LogP contribution in [-0.2, 0) is 16.1 Å². The minimum Gasteiger partial charge on any atom is -0.377 e. The second-order valence-electron chi connectivity index (χ2n) is 7.19. The van der Waals surface area contributed by atoms with Crippen molar-refractivity contribution in [3.8, 4) is 0 Å². The molecule has 1 aromatic rings. The van der Waals surface area contributed by atoms with Gasteiger partial charge in [0.15, 0.2) is 0 Å². The van der Waals surface area contributed by atoms with Crippen molar-refractivity contribution < 1.29 is 9.53 Å². The fraction of sp³-hybridized carbons (Fsp3) is 0.737. The van der Waals surface area contributed by atoms with Crippen LogP contribution in [0, 0.1) is 5.92 Å². The van der Waals surface area contributed by atoms with Crippen LogP contribution in [0.25, 0.3) is 0 Å². The number of nitrogens with one attached hydrogen (secondary N) is 1. The van der Waals surface area contributed by atoms with Gasteiger partial charge in [-0.25, -0.2) is 0 Å². The van der Waals surface area contributed by atoms with Gasteiger partial charge in [0, 0.05) is 31.1 Å². The summed E-state index contributed by atoms with van der Waals surface area (Å²) in [4.78, 5) is 16.0. The number of hydrogen-bond donors (Lipinski definition) is 1. The Bertz CT molecular complexity index is 480. The van der Waals surface area contributed by atoms with Crippen LogP contribution in [0.3, 0.4) is 0 Å². The normalized spacial score (nSPS) is 22.1. The molecule has 1 aliphatic carbocycles. The second-order valence-corrected chi connectivity index (χ2v) is 8.22. The van der Waals surface area contributed by atoms with Crippen LogP contribution in [-0.4, -0.2) is 43.2 Å². The molecule has 1 saturated carbocycles.